The van der Waals surface area contributed by atoms with Crippen molar-refractivity contribution in [2.24, 2.45) is 0 Å². The third-order valence-corrected chi connectivity index (χ3v) is 1.92. The Labute approximate surface area is 63.7 Å². The molecule has 2 rings (SSSR count). The van der Waals surface area contributed by atoms with Crippen molar-refractivity contribution in [3.8, 4) is 0 Å². The number of nitrogens with one attached hydrogen (secondary N) is 2. The van der Waals surface area contributed by atoms with Gasteiger partial charge < -0.3 is 10.3 Å². The number of aromatic amines is 1. The van der Waals surface area contributed by atoms with E-state index >= 15 is 0 Å². The van der Waals surface area contributed by atoms with Crippen LogP contribution in [0.25, 0.3) is 0 Å². The van der Waals surface area contributed by atoms with E-state index in [9.17, 15) is 4.79 Å². The molecule has 1 aromatic heterocycles. The Morgan fingerprint density at radius 2 is 2.36 bits per heavy atom. The average molecular weight is 151 g/mol. The summed E-state index contributed by atoms with van der Waals surface area (Å²) in [6, 6.07) is 1.85. The molecule has 11 heavy (non-hydrogen) atoms. The lowest BCUT2D eigenvalue weighted by atomic mass is 9.99. The van der Waals surface area contributed by atoms with E-state index in [1.54, 1.807) is 6.20 Å². The number of aromatic nitrogens is 2. The molecule has 1 saturated heterocycles. The SMILES string of the molecule is O=c1nccc(C2CNC2)[nH]1. The fraction of sp³-hybridized carbons (Fsp3) is 0.429. The van der Waals surface area contributed by atoms with E-state index in [4.69, 9.17) is 0 Å². The van der Waals surface area contributed by atoms with E-state index < -0.39 is 0 Å². The van der Waals surface area contributed by atoms with Gasteiger partial charge in [-0.05, 0) is 6.07 Å². The molecule has 1 aliphatic heterocycles. The second-order valence-electron chi connectivity index (χ2n) is 2.69. The van der Waals surface area contributed by atoms with Gasteiger partial charge >= 0.3 is 5.69 Å². The Bertz CT molecular complexity index is 303. The minimum atomic E-state index is -0.255. The molecule has 2 heterocycles. The molecule has 0 aromatic carbocycles. The van der Waals surface area contributed by atoms with E-state index in [1.807, 2.05) is 6.07 Å². The van der Waals surface area contributed by atoms with Crippen molar-refractivity contribution in [3.05, 3.63) is 28.4 Å². The molecule has 0 aliphatic carbocycles. The zero-order valence-electron chi connectivity index (χ0n) is 6.00. The number of rotatable bonds is 1. The van der Waals surface area contributed by atoms with Crippen molar-refractivity contribution in [2.45, 2.75) is 5.92 Å². The summed E-state index contributed by atoms with van der Waals surface area (Å²) in [6.07, 6.45) is 1.55. The third kappa shape index (κ3) is 1.17. The Morgan fingerprint density at radius 3 is 2.91 bits per heavy atom. The first-order valence-electron chi connectivity index (χ1n) is 3.62. The van der Waals surface area contributed by atoms with Gasteiger partial charge in [0.2, 0.25) is 0 Å². The summed E-state index contributed by atoms with van der Waals surface area (Å²) in [7, 11) is 0. The standard InChI is InChI=1S/C7H9N3O/c11-7-9-2-1-6(10-7)5-3-8-4-5/h1-2,5,8H,3-4H2,(H,9,10,11). The molecule has 1 fully saturated rings. The van der Waals surface area contributed by atoms with Crippen LogP contribution in [0.4, 0.5) is 0 Å². The van der Waals surface area contributed by atoms with Crippen LogP contribution < -0.4 is 11.0 Å². The lowest BCUT2D eigenvalue weighted by Gasteiger charge is -2.26. The van der Waals surface area contributed by atoms with Gasteiger partial charge in [-0.2, -0.15) is 0 Å². The summed E-state index contributed by atoms with van der Waals surface area (Å²) in [5.41, 5.74) is 0.734. The molecule has 4 heteroatoms. The second kappa shape index (κ2) is 2.47. The first-order valence-corrected chi connectivity index (χ1v) is 3.62. The highest BCUT2D eigenvalue weighted by molar-refractivity contribution is 5.10. The highest BCUT2D eigenvalue weighted by atomic mass is 16.1. The first kappa shape index (κ1) is 6.54. The summed E-state index contributed by atoms with van der Waals surface area (Å²) < 4.78 is 0. The molecule has 1 aromatic rings. The van der Waals surface area contributed by atoms with Gasteiger partial charge in [0.05, 0.1) is 0 Å². The van der Waals surface area contributed by atoms with E-state index in [2.05, 4.69) is 15.3 Å². The fourth-order valence-corrected chi connectivity index (χ4v) is 1.13. The predicted molar refractivity (Wildman–Crippen MR) is 40.5 cm³/mol. The third-order valence-electron chi connectivity index (χ3n) is 1.92. The van der Waals surface area contributed by atoms with Gasteiger partial charge in [0.1, 0.15) is 0 Å². The minimum Gasteiger partial charge on any atom is -0.315 e. The monoisotopic (exact) mass is 151 g/mol. The van der Waals surface area contributed by atoms with Crippen molar-refractivity contribution in [1.29, 1.82) is 0 Å². The molecule has 4 nitrogen and oxygen atoms in total. The fourth-order valence-electron chi connectivity index (χ4n) is 1.13. The topological polar surface area (TPSA) is 57.8 Å². The number of H-pyrrole nitrogens is 1. The van der Waals surface area contributed by atoms with Crippen LogP contribution in [0, 0.1) is 0 Å². The molecule has 2 N–H and O–H groups in total. The molecule has 0 amide bonds. The van der Waals surface area contributed by atoms with Crippen molar-refractivity contribution < 1.29 is 0 Å². The molecule has 0 unspecified atom stereocenters. The first-order chi connectivity index (χ1) is 5.36. The van der Waals surface area contributed by atoms with Gasteiger partial charge in [-0.25, -0.2) is 9.78 Å². The van der Waals surface area contributed by atoms with E-state index in [0.717, 1.165) is 18.8 Å². The number of nitrogens with zero attached hydrogens (tertiary/aromatic N) is 1. The maximum absolute atomic E-state index is 10.7. The van der Waals surface area contributed by atoms with Crippen LogP contribution in [0.3, 0.4) is 0 Å². The molecule has 58 valence electrons. The predicted octanol–water partition coefficient (Wildman–Crippen LogP) is -0.543. The normalized spacial score (nSPS) is 17.8. The molecule has 0 saturated carbocycles. The van der Waals surface area contributed by atoms with Crippen molar-refractivity contribution in [2.75, 3.05) is 13.1 Å². The van der Waals surface area contributed by atoms with Crippen LogP contribution in [-0.4, -0.2) is 23.1 Å². The van der Waals surface area contributed by atoms with Crippen LogP contribution in [0.2, 0.25) is 0 Å². The second-order valence-corrected chi connectivity index (χ2v) is 2.69. The Morgan fingerprint density at radius 1 is 1.55 bits per heavy atom. The molecule has 0 spiro atoms. The molecule has 0 radical (unpaired) electrons. The quantitative estimate of drug-likeness (QED) is 0.566. The highest BCUT2D eigenvalue weighted by Gasteiger charge is 2.19. The zero-order valence-corrected chi connectivity index (χ0v) is 6.00. The highest BCUT2D eigenvalue weighted by Crippen LogP contribution is 2.14. The Kier molecular flexibility index (Phi) is 1.47. The van der Waals surface area contributed by atoms with Crippen LogP contribution >= 0.6 is 0 Å². The summed E-state index contributed by atoms with van der Waals surface area (Å²) in [5.74, 6) is 0.477. The molecule has 1 aliphatic rings. The minimum absolute atomic E-state index is 0.255. The van der Waals surface area contributed by atoms with Gasteiger partial charge in [-0.3, -0.25) is 0 Å². The maximum atomic E-state index is 10.7. The largest absolute Gasteiger partial charge is 0.345 e. The van der Waals surface area contributed by atoms with E-state index in [-0.39, 0.29) is 5.69 Å². The number of hydrogen-bond acceptors (Lipinski definition) is 3. The van der Waals surface area contributed by atoms with Crippen LogP contribution in [-0.2, 0) is 0 Å². The summed E-state index contributed by atoms with van der Waals surface area (Å²) in [6.45, 7) is 1.92. The lowest BCUT2D eigenvalue weighted by molar-refractivity contribution is 0.438. The van der Waals surface area contributed by atoms with Gasteiger partial charge in [0.25, 0.3) is 0 Å². The molecule has 0 bridgehead atoms. The van der Waals surface area contributed by atoms with Crippen molar-refractivity contribution in [3.63, 3.8) is 0 Å². The van der Waals surface area contributed by atoms with Gasteiger partial charge in [0.15, 0.2) is 0 Å². The molecular weight excluding hydrogens is 142 g/mol. The Hall–Kier alpha value is -1.16. The lowest BCUT2D eigenvalue weighted by Crippen LogP contribution is -2.41. The molecular formula is C7H9N3O. The van der Waals surface area contributed by atoms with Crippen molar-refractivity contribution >= 4 is 0 Å². The Balaban J connectivity index is 2.30. The van der Waals surface area contributed by atoms with E-state index in [1.165, 1.54) is 0 Å². The van der Waals surface area contributed by atoms with Gasteiger partial charge in [-0.15, -0.1) is 0 Å². The van der Waals surface area contributed by atoms with Gasteiger partial charge in [0, 0.05) is 30.9 Å². The summed E-state index contributed by atoms with van der Waals surface area (Å²) in [5, 5.41) is 3.14. The van der Waals surface area contributed by atoms with Crippen LogP contribution in [0.5, 0.6) is 0 Å². The molecule has 0 atom stereocenters. The smallest absolute Gasteiger partial charge is 0.315 e. The van der Waals surface area contributed by atoms with E-state index in [0.29, 0.717) is 5.92 Å². The van der Waals surface area contributed by atoms with Gasteiger partial charge in [-0.1, -0.05) is 0 Å². The summed E-state index contributed by atoms with van der Waals surface area (Å²) in [4.78, 5) is 17.0. The van der Waals surface area contributed by atoms with Crippen LogP contribution in [0.1, 0.15) is 11.6 Å². The van der Waals surface area contributed by atoms with Crippen LogP contribution in [0.15, 0.2) is 17.1 Å². The maximum Gasteiger partial charge on any atom is 0.345 e. The summed E-state index contributed by atoms with van der Waals surface area (Å²) >= 11 is 0. The van der Waals surface area contributed by atoms with Crippen molar-refractivity contribution in [1.82, 2.24) is 15.3 Å². The average Bonchev–Trinajstić information content (AvgIpc) is 1.83. The number of hydrogen-bond donors (Lipinski definition) is 2. The zero-order chi connectivity index (χ0) is 7.68.